The summed E-state index contributed by atoms with van der Waals surface area (Å²) in [7, 11) is 0. The summed E-state index contributed by atoms with van der Waals surface area (Å²) in [5.74, 6) is 0. The van der Waals surface area contributed by atoms with Gasteiger partial charge in [-0.15, -0.1) is 0 Å². The largest absolute Gasteiger partial charge is 0.388 e. The van der Waals surface area contributed by atoms with E-state index in [1.54, 1.807) is 0 Å². The van der Waals surface area contributed by atoms with Gasteiger partial charge in [-0.25, -0.2) is 0 Å². The maximum absolute atomic E-state index is 10.0. The highest BCUT2D eigenvalue weighted by molar-refractivity contribution is 4.84. The van der Waals surface area contributed by atoms with Crippen LogP contribution in [0.3, 0.4) is 0 Å². The van der Waals surface area contributed by atoms with Crippen molar-refractivity contribution in [2.24, 2.45) is 5.73 Å². The quantitative estimate of drug-likeness (QED) is 0.554. The highest BCUT2D eigenvalue weighted by atomic mass is 16.5. The van der Waals surface area contributed by atoms with Crippen LogP contribution < -0.4 is 11.1 Å². The molecule has 1 aliphatic heterocycles. The van der Waals surface area contributed by atoms with E-state index in [4.69, 9.17) is 10.5 Å². The Bertz CT molecular complexity index is 147. The van der Waals surface area contributed by atoms with Gasteiger partial charge in [-0.1, -0.05) is 0 Å². The molecule has 1 aliphatic rings. The van der Waals surface area contributed by atoms with E-state index in [9.17, 15) is 5.11 Å². The Hall–Kier alpha value is -0.160. The van der Waals surface area contributed by atoms with Gasteiger partial charge in [0.25, 0.3) is 0 Å². The Labute approximate surface area is 79.5 Å². The third kappa shape index (κ3) is 3.60. The first-order valence-electron chi connectivity index (χ1n) is 4.90. The van der Waals surface area contributed by atoms with Gasteiger partial charge in [-0.2, -0.15) is 0 Å². The van der Waals surface area contributed by atoms with Crippen molar-refractivity contribution < 1.29 is 9.84 Å². The van der Waals surface area contributed by atoms with Gasteiger partial charge in [0.1, 0.15) is 0 Å². The van der Waals surface area contributed by atoms with E-state index < -0.39 is 5.60 Å². The molecule has 0 saturated carbocycles. The Balaban J connectivity index is 2.24. The van der Waals surface area contributed by atoms with Crippen molar-refractivity contribution in [2.45, 2.75) is 31.4 Å². The molecular weight excluding hydrogens is 168 g/mol. The molecule has 13 heavy (non-hydrogen) atoms. The zero-order chi connectivity index (χ0) is 9.73. The van der Waals surface area contributed by atoms with Crippen LogP contribution in [0.1, 0.15) is 19.8 Å². The zero-order valence-corrected chi connectivity index (χ0v) is 8.25. The van der Waals surface area contributed by atoms with Gasteiger partial charge in [0.15, 0.2) is 0 Å². The summed E-state index contributed by atoms with van der Waals surface area (Å²) in [6.07, 6.45) is 1.44. The van der Waals surface area contributed by atoms with E-state index in [1.165, 1.54) is 0 Å². The minimum Gasteiger partial charge on any atom is -0.388 e. The maximum Gasteiger partial charge on any atom is 0.0815 e. The number of aliphatic hydroxyl groups is 1. The van der Waals surface area contributed by atoms with Crippen LogP contribution in [0.4, 0.5) is 0 Å². The topological polar surface area (TPSA) is 67.5 Å². The van der Waals surface area contributed by atoms with E-state index in [1.807, 2.05) is 6.92 Å². The summed E-state index contributed by atoms with van der Waals surface area (Å²) in [4.78, 5) is 0. The molecule has 4 nitrogen and oxygen atoms in total. The lowest BCUT2D eigenvalue weighted by Gasteiger charge is -2.33. The number of nitrogens with one attached hydrogen (secondary N) is 1. The fourth-order valence-electron chi connectivity index (χ4n) is 1.38. The molecule has 1 saturated heterocycles. The summed E-state index contributed by atoms with van der Waals surface area (Å²) in [5, 5.41) is 13.2. The second-order valence-corrected chi connectivity index (χ2v) is 3.85. The number of ether oxygens (including phenoxy) is 1. The molecule has 1 rings (SSSR count). The van der Waals surface area contributed by atoms with Crippen LogP contribution in [0.15, 0.2) is 0 Å². The molecule has 1 fully saturated rings. The van der Waals surface area contributed by atoms with Crippen molar-refractivity contribution in [3.05, 3.63) is 0 Å². The Morgan fingerprint density at radius 1 is 1.54 bits per heavy atom. The fourth-order valence-corrected chi connectivity index (χ4v) is 1.38. The smallest absolute Gasteiger partial charge is 0.0815 e. The third-order valence-electron chi connectivity index (χ3n) is 2.56. The molecule has 0 aromatic carbocycles. The molecule has 4 N–H and O–H groups in total. The standard InChI is InChI=1S/C9H20N2O2/c1-8(6-10)11-7-9(12)2-4-13-5-3-9/h8,11-12H,2-7,10H2,1H3. The molecule has 0 amide bonds. The van der Waals surface area contributed by atoms with Crippen molar-refractivity contribution in [2.75, 3.05) is 26.3 Å². The molecule has 78 valence electrons. The maximum atomic E-state index is 10.0. The van der Waals surface area contributed by atoms with Gasteiger partial charge >= 0.3 is 0 Å². The summed E-state index contributed by atoms with van der Waals surface area (Å²) in [6.45, 7) is 4.56. The predicted octanol–water partition coefficient (Wildman–Crippen LogP) is -0.535. The van der Waals surface area contributed by atoms with Crippen LogP contribution in [0.25, 0.3) is 0 Å². The van der Waals surface area contributed by atoms with Crippen LogP contribution in [0.2, 0.25) is 0 Å². The van der Waals surface area contributed by atoms with Crippen LogP contribution in [-0.4, -0.2) is 43.1 Å². The number of rotatable bonds is 4. The SMILES string of the molecule is CC(CN)NCC1(O)CCOCC1. The lowest BCUT2D eigenvalue weighted by atomic mass is 9.94. The van der Waals surface area contributed by atoms with Crippen molar-refractivity contribution >= 4 is 0 Å². The Kier molecular flexibility index (Phi) is 4.12. The van der Waals surface area contributed by atoms with E-state index in [2.05, 4.69) is 5.32 Å². The second-order valence-electron chi connectivity index (χ2n) is 3.85. The minimum atomic E-state index is -0.582. The predicted molar refractivity (Wildman–Crippen MR) is 51.5 cm³/mol. The molecule has 0 bridgehead atoms. The summed E-state index contributed by atoms with van der Waals surface area (Å²) < 4.78 is 5.19. The lowest BCUT2D eigenvalue weighted by molar-refractivity contribution is -0.0624. The molecular formula is C9H20N2O2. The molecule has 0 aliphatic carbocycles. The van der Waals surface area contributed by atoms with Crippen LogP contribution in [-0.2, 0) is 4.74 Å². The normalized spacial score (nSPS) is 24.2. The van der Waals surface area contributed by atoms with E-state index in [0.29, 0.717) is 26.3 Å². The minimum absolute atomic E-state index is 0.270. The van der Waals surface area contributed by atoms with E-state index in [-0.39, 0.29) is 6.04 Å². The van der Waals surface area contributed by atoms with Crippen molar-refractivity contribution in [3.63, 3.8) is 0 Å². The van der Waals surface area contributed by atoms with Crippen LogP contribution in [0, 0.1) is 0 Å². The van der Waals surface area contributed by atoms with Crippen molar-refractivity contribution in [3.8, 4) is 0 Å². The van der Waals surface area contributed by atoms with E-state index >= 15 is 0 Å². The van der Waals surface area contributed by atoms with Gasteiger partial charge in [-0.05, 0) is 6.92 Å². The highest BCUT2D eigenvalue weighted by Gasteiger charge is 2.29. The van der Waals surface area contributed by atoms with Gasteiger partial charge < -0.3 is 20.9 Å². The average molecular weight is 188 g/mol. The Morgan fingerprint density at radius 2 is 2.15 bits per heavy atom. The number of nitrogens with two attached hydrogens (primary N) is 1. The molecule has 0 radical (unpaired) electrons. The van der Waals surface area contributed by atoms with Gasteiger partial charge in [-0.3, -0.25) is 0 Å². The summed E-state index contributed by atoms with van der Waals surface area (Å²) >= 11 is 0. The Morgan fingerprint density at radius 3 is 2.69 bits per heavy atom. The first-order chi connectivity index (χ1) is 6.16. The van der Waals surface area contributed by atoms with Gasteiger partial charge in [0.2, 0.25) is 0 Å². The monoisotopic (exact) mass is 188 g/mol. The first kappa shape index (κ1) is 10.9. The second kappa shape index (κ2) is 4.91. The van der Waals surface area contributed by atoms with Crippen molar-refractivity contribution in [1.29, 1.82) is 0 Å². The number of hydrogen-bond donors (Lipinski definition) is 3. The zero-order valence-electron chi connectivity index (χ0n) is 8.25. The summed E-state index contributed by atoms with van der Waals surface area (Å²) in [6, 6.07) is 0.270. The molecule has 0 aromatic heterocycles. The fraction of sp³-hybridized carbons (Fsp3) is 1.00. The molecule has 1 heterocycles. The molecule has 1 atom stereocenters. The van der Waals surface area contributed by atoms with Gasteiger partial charge in [0.05, 0.1) is 5.60 Å². The average Bonchev–Trinajstić information content (AvgIpc) is 2.15. The third-order valence-corrected chi connectivity index (χ3v) is 2.56. The molecule has 1 unspecified atom stereocenters. The highest BCUT2D eigenvalue weighted by Crippen LogP contribution is 2.19. The summed E-state index contributed by atoms with van der Waals surface area (Å²) in [5.41, 5.74) is 4.88. The molecule has 4 heteroatoms. The lowest BCUT2D eigenvalue weighted by Crippen LogP contribution is -2.48. The van der Waals surface area contributed by atoms with Crippen LogP contribution in [0.5, 0.6) is 0 Å². The van der Waals surface area contributed by atoms with Crippen LogP contribution >= 0.6 is 0 Å². The number of hydrogen-bond acceptors (Lipinski definition) is 4. The molecule has 0 spiro atoms. The van der Waals surface area contributed by atoms with Gasteiger partial charge in [0, 0.05) is 45.2 Å². The first-order valence-corrected chi connectivity index (χ1v) is 4.90. The van der Waals surface area contributed by atoms with Crippen molar-refractivity contribution in [1.82, 2.24) is 5.32 Å². The molecule has 0 aromatic rings. The van der Waals surface area contributed by atoms with E-state index in [0.717, 1.165) is 12.8 Å².